The summed E-state index contributed by atoms with van der Waals surface area (Å²) < 4.78 is 0. The molecule has 0 aromatic heterocycles. The lowest BCUT2D eigenvalue weighted by Gasteiger charge is -1.90. The van der Waals surface area contributed by atoms with E-state index >= 15 is 0 Å². The fourth-order valence-electron chi connectivity index (χ4n) is 0. The van der Waals surface area contributed by atoms with Crippen LogP contribution in [-0.4, -0.2) is 11.9 Å². The van der Waals surface area contributed by atoms with E-state index in [1.165, 1.54) is 0 Å². The van der Waals surface area contributed by atoms with Crippen molar-refractivity contribution in [2.75, 3.05) is 0 Å². The van der Waals surface area contributed by atoms with E-state index in [1.807, 2.05) is 13.8 Å². The van der Waals surface area contributed by atoms with E-state index in [2.05, 4.69) is 0 Å². The smallest absolute Gasteiger partial charge is 0.300 e. The zero-order valence-electron chi connectivity index (χ0n) is 5.80. The molecule has 0 aromatic rings. The highest BCUT2D eigenvalue weighted by atomic mass is 16.2. The normalized spacial score (nSPS) is 7.11. The molecule has 0 unspecified atom stereocenters. The summed E-state index contributed by atoms with van der Waals surface area (Å²) in [6.45, 7) is 5.38. The van der Waals surface area contributed by atoms with E-state index in [0.717, 1.165) is 0 Å². The number of ketones is 1. The molecule has 0 bridgehead atoms. The Bertz CT molecular complexity index is 109. The molecule has 0 N–H and O–H groups in total. The lowest BCUT2D eigenvalue weighted by Crippen LogP contribution is -1.98. The molecule has 0 radical (unpaired) electrons. The van der Waals surface area contributed by atoms with Gasteiger partial charge in [0.2, 0.25) is 0 Å². The lowest BCUT2D eigenvalue weighted by atomic mass is 10.1. The van der Waals surface area contributed by atoms with E-state index < -0.39 is 0 Å². The van der Waals surface area contributed by atoms with Crippen molar-refractivity contribution in [2.24, 2.45) is 5.92 Å². The van der Waals surface area contributed by atoms with Gasteiger partial charge < -0.3 is 0 Å². The van der Waals surface area contributed by atoms with Gasteiger partial charge in [-0.2, -0.15) is 9.59 Å². The molecule has 3 heteroatoms. The maximum atomic E-state index is 10.1. The molecule has 0 aliphatic rings. The van der Waals surface area contributed by atoms with E-state index in [9.17, 15) is 4.79 Å². The molecule has 0 saturated carbocycles. The maximum absolute atomic E-state index is 10.1. The van der Waals surface area contributed by atoms with Crippen LogP contribution >= 0.6 is 0 Å². The molecule has 3 nitrogen and oxygen atoms in total. The van der Waals surface area contributed by atoms with Gasteiger partial charge in [0.25, 0.3) is 0 Å². The molecule has 9 heavy (non-hydrogen) atoms. The van der Waals surface area contributed by atoms with Crippen molar-refractivity contribution in [3.05, 3.63) is 0 Å². The molecular formula is C6H10O3. The number of rotatable bonds is 1. The standard InChI is InChI=1S/C5H10O.CO2/c1-4(2)5(3)6;2-1-3/h4H,1-3H3;. The number of Topliss-reactive ketones (excluding diaryl/α,β-unsaturated/α-hetero) is 1. The first-order valence-electron chi connectivity index (χ1n) is 2.56. The van der Waals surface area contributed by atoms with Gasteiger partial charge in [-0.1, -0.05) is 13.8 Å². The second kappa shape index (κ2) is 7.05. The Kier molecular flexibility index (Phi) is 8.56. The van der Waals surface area contributed by atoms with Crippen LogP contribution in [0.3, 0.4) is 0 Å². The first-order valence-corrected chi connectivity index (χ1v) is 2.56. The minimum atomic E-state index is 0.213. The Morgan fingerprint density at radius 1 is 1.33 bits per heavy atom. The first kappa shape index (κ1) is 10.9. The highest BCUT2D eigenvalue weighted by molar-refractivity contribution is 5.77. The number of hydrogen-bond acceptors (Lipinski definition) is 3. The van der Waals surface area contributed by atoms with Gasteiger partial charge in [0.1, 0.15) is 5.78 Å². The van der Waals surface area contributed by atoms with Crippen LogP contribution in [0.25, 0.3) is 0 Å². The van der Waals surface area contributed by atoms with Gasteiger partial charge in [-0.25, -0.2) is 0 Å². The van der Waals surface area contributed by atoms with Gasteiger partial charge in [-0.05, 0) is 6.92 Å². The molecule has 0 aliphatic carbocycles. The van der Waals surface area contributed by atoms with E-state index in [-0.39, 0.29) is 17.9 Å². The SMILES string of the molecule is CC(=O)C(C)C.O=C=O. The zero-order chi connectivity index (χ0) is 7.86. The fraction of sp³-hybridized carbons (Fsp3) is 0.667. The van der Waals surface area contributed by atoms with Gasteiger partial charge in [-0.15, -0.1) is 0 Å². The largest absolute Gasteiger partial charge is 0.373 e. The topological polar surface area (TPSA) is 51.2 Å². The van der Waals surface area contributed by atoms with Gasteiger partial charge in [-0.3, -0.25) is 4.79 Å². The van der Waals surface area contributed by atoms with Crippen LogP contribution in [0.15, 0.2) is 0 Å². The van der Waals surface area contributed by atoms with Crippen LogP contribution in [0.4, 0.5) is 0 Å². The van der Waals surface area contributed by atoms with Gasteiger partial charge in [0.15, 0.2) is 0 Å². The van der Waals surface area contributed by atoms with Crippen molar-refractivity contribution in [3.8, 4) is 0 Å². The molecule has 0 spiro atoms. The average molecular weight is 130 g/mol. The molecular weight excluding hydrogens is 120 g/mol. The van der Waals surface area contributed by atoms with E-state index in [0.29, 0.717) is 0 Å². The van der Waals surface area contributed by atoms with Gasteiger partial charge in [0.05, 0.1) is 0 Å². The number of hydrogen-bond donors (Lipinski definition) is 0. The van der Waals surface area contributed by atoms with Crippen molar-refractivity contribution in [3.63, 3.8) is 0 Å². The summed E-state index contributed by atoms with van der Waals surface area (Å²) in [4.78, 5) is 26.4. The summed E-state index contributed by atoms with van der Waals surface area (Å²) >= 11 is 0. The van der Waals surface area contributed by atoms with Crippen LogP contribution in [0.2, 0.25) is 0 Å². The monoisotopic (exact) mass is 130 g/mol. The molecule has 0 aliphatic heterocycles. The van der Waals surface area contributed by atoms with Crippen LogP contribution in [0, 0.1) is 5.92 Å². The van der Waals surface area contributed by atoms with Gasteiger partial charge in [0, 0.05) is 5.92 Å². The Morgan fingerprint density at radius 2 is 1.44 bits per heavy atom. The predicted octanol–water partition coefficient (Wildman–Crippen LogP) is 0.648. The van der Waals surface area contributed by atoms with Crippen LogP contribution in [0.1, 0.15) is 20.8 Å². The third-order valence-electron chi connectivity index (χ3n) is 0.813. The summed E-state index contributed by atoms with van der Waals surface area (Å²) in [6, 6.07) is 0. The van der Waals surface area contributed by atoms with Crippen molar-refractivity contribution < 1.29 is 14.4 Å². The molecule has 0 amide bonds. The lowest BCUT2D eigenvalue weighted by molar-refractivity contribution is -0.191. The van der Waals surface area contributed by atoms with Crippen molar-refractivity contribution in [2.45, 2.75) is 20.8 Å². The van der Waals surface area contributed by atoms with Crippen LogP contribution < -0.4 is 0 Å². The Hall–Kier alpha value is -0.950. The summed E-state index contributed by atoms with van der Waals surface area (Å²) in [6.07, 6.45) is 0.250. The van der Waals surface area contributed by atoms with Crippen LogP contribution in [-0.2, 0) is 14.4 Å². The Labute approximate surface area is 54.1 Å². The van der Waals surface area contributed by atoms with Crippen molar-refractivity contribution >= 4 is 11.9 Å². The van der Waals surface area contributed by atoms with E-state index in [1.54, 1.807) is 6.92 Å². The van der Waals surface area contributed by atoms with Crippen molar-refractivity contribution in [1.29, 1.82) is 0 Å². The number of carbonyl (C=O) groups excluding carboxylic acids is 3. The quantitative estimate of drug-likeness (QED) is 0.523. The van der Waals surface area contributed by atoms with Crippen LogP contribution in [0.5, 0.6) is 0 Å². The predicted molar refractivity (Wildman–Crippen MR) is 30.5 cm³/mol. The third-order valence-corrected chi connectivity index (χ3v) is 0.813. The molecule has 0 atom stereocenters. The average Bonchev–Trinajstić information content (AvgIpc) is 1.68. The van der Waals surface area contributed by atoms with E-state index in [4.69, 9.17) is 9.59 Å². The maximum Gasteiger partial charge on any atom is 0.373 e. The zero-order valence-corrected chi connectivity index (χ0v) is 5.80. The Morgan fingerprint density at radius 3 is 1.44 bits per heavy atom. The summed E-state index contributed by atoms with van der Waals surface area (Å²) in [5.41, 5.74) is 0. The molecule has 0 aromatic carbocycles. The minimum absolute atomic E-state index is 0.213. The van der Waals surface area contributed by atoms with Crippen molar-refractivity contribution in [1.82, 2.24) is 0 Å². The molecule has 0 saturated heterocycles. The second-order valence-electron chi connectivity index (χ2n) is 1.85. The highest BCUT2D eigenvalue weighted by Gasteiger charge is 1.94. The minimum Gasteiger partial charge on any atom is -0.300 e. The molecule has 52 valence electrons. The summed E-state index contributed by atoms with van der Waals surface area (Å²) in [5.74, 6) is 0.472. The van der Waals surface area contributed by atoms with Gasteiger partial charge >= 0.3 is 6.15 Å². The highest BCUT2D eigenvalue weighted by Crippen LogP contribution is 1.89. The fourth-order valence-corrected chi connectivity index (χ4v) is 0. The third kappa shape index (κ3) is 19.3. The summed E-state index contributed by atoms with van der Waals surface area (Å²) in [7, 11) is 0. The first-order chi connectivity index (χ1) is 4.06. The Balaban J connectivity index is 0. The summed E-state index contributed by atoms with van der Waals surface area (Å²) in [5, 5.41) is 0. The number of carbonyl (C=O) groups is 1. The molecule has 0 fully saturated rings. The molecule has 0 heterocycles. The molecule has 0 rings (SSSR count). The second-order valence-corrected chi connectivity index (χ2v) is 1.85.